The zero-order valence-corrected chi connectivity index (χ0v) is 17.0. The van der Waals surface area contributed by atoms with Crippen molar-refractivity contribution in [2.45, 2.75) is 44.3 Å². The second kappa shape index (κ2) is 8.74. The number of piperidine rings is 1. The van der Waals surface area contributed by atoms with Crippen molar-refractivity contribution in [2.24, 2.45) is 0 Å². The van der Waals surface area contributed by atoms with Gasteiger partial charge in [-0.05, 0) is 42.7 Å². The molecule has 1 fully saturated rings. The van der Waals surface area contributed by atoms with Crippen molar-refractivity contribution in [1.82, 2.24) is 10.2 Å². The third-order valence-corrected chi connectivity index (χ3v) is 5.92. The molecule has 2 unspecified atom stereocenters. The summed E-state index contributed by atoms with van der Waals surface area (Å²) >= 11 is 0. The van der Waals surface area contributed by atoms with Crippen molar-refractivity contribution >= 4 is 18.0 Å². The number of benzene rings is 2. The van der Waals surface area contributed by atoms with E-state index in [2.05, 4.69) is 5.32 Å². The molecule has 2 aromatic carbocycles. The minimum Gasteiger partial charge on any atom is -0.489 e. The summed E-state index contributed by atoms with van der Waals surface area (Å²) in [4.78, 5) is 36.9. The molecule has 2 atom stereocenters. The Morgan fingerprint density at radius 2 is 1.91 bits per heavy atom. The number of nitrogens with one attached hydrogen (secondary N) is 1. The van der Waals surface area contributed by atoms with Crippen molar-refractivity contribution in [1.29, 1.82) is 0 Å². The summed E-state index contributed by atoms with van der Waals surface area (Å²) in [5, 5.41) is 3.03. The molecule has 2 aromatic rings. The minimum absolute atomic E-state index is 0.0727. The van der Waals surface area contributed by atoms with E-state index < -0.39 is 23.6 Å². The lowest BCUT2D eigenvalue weighted by molar-refractivity contribution is -0.137. The Morgan fingerprint density at radius 1 is 1.16 bits per heavy atom. The van der Waals surface area contributed by atoms with Gasteiger partial charge in [-0.2, -0.15) is 13.2 Å². The summed E-state index contributed by atoms with van der Waals surface area (Å²) in [7, 11) is 0. The van der Waals surface area contributed by atoms with Crippen molar-refractivity contribution < 1.29 is 32.3 Å². The first-order chi connectivity index (χ1) is 15.3. The topological polar surface area (TPSA) is 75.7 Å². The third-order valence-electron chi connectivity index (χ3n) is 5.92. The van der Waals surface area contributed by atoms with E-state index in [9.17, 15) is 27.6 Å². The van der Waals surface area contributed by atoms with Gasteiger partial charge in [0.1, 0.15) is 12.4 Å². The molecule has 0 radical (unpaired) electrons. The summed E-state index contributed by atoms with van der Waals surface area (Å²) in [6.07, 6.45) is -3.01. The number of hydrogen-bond acceptors (Lipinski definition) is 5. The number of hydrogen-bond donors (Lipinski definition) is 1. The monoisotopic (exact) mass is 446 g/mol. The molecule has 2 aliphatic rings. The van der Waals surface area contributed by atoms with Crippen LogP contribution >= 0.6 is 0 Å². The Kier molecular flexibility index (Phi) is 6.01. The lowest BCUT2D eigenvalue weighted by atomic mass is 9.97. The number of rotatable bonds is 6. The number of ether oxygens (including phenoxy) is 1. The van der Waals surface area contributed by atoms with E-state index in [1.807, 2.05) is 0 Å². The van der Waals surface area contributed by atoms with Crippen LogP contribution in [0.2, 0.25) is 0 Å². The summed E-state index contributed by atoms with van der Waals surface area (Å²) in [6, 6.07) is 9.30. The number of carbonyl (C=O) groups is 3. The predicted molar refractivity (Wildman–Crippen MR) is 108 cm³/mol. The zero-order valence-electron chi connectivity index (χ0n) is 17.0. The third kappa shape index (κ3) is 4.38. The predicted octanol–water partition coefficient (Wildman–Crippen LogP) is 3.13. The summed E-state index contributed by atoms with van der Waals surface area (Å²) in [5.74, 6) is -0.110. The molecular formula is C23H21F3N2O4. The average Bonchev–Trinajstić information content (AvgIpc) is 3.14. The van der Waals surface area contributed by atoms with Gasteiger partial charge in [0.05, 0.1) is 18.2 Å². The van der Waals surface area contributed by atoms with Gasteiger partial charge in [0.15, 0.2) is 6.29 Å². The Labute approximate surface area is 182 Å². The number of halogens is 3. The maximum Gasteiger partial charge on any atom is 0.416 e. The van der Waals surface area contributed by atoms with Crippen LogP contribution in [0.1, 0.15) is 39.9 Å². The van der Waals surface area contributed by atoms with Crippen LogP contribution in [0.25, 0.3) is 0 Å². The number of alkyl halides is 3. The van der Waals surface area contributed by atoms with Crippen LogP contribution in [-0.4, -0.2) is 41.5 Å². The Balaban J connectivity index is 1.42. The fourth-order valence-electron chi connectivity index (χ4n) is 4.14. The summed E-state index contributed by atoms with van der Waals surface area (Å²) in [6.45, 7) is 0.824. The average molecular weight is 446 g/mol. The molecular weight excluding hydrogens is 425 g/mol. The fourth-order valence-corrected chi connectivity index (χ4v) is 4.14. The number of amides is 1. The first-order valence-electron chi connectivity index (χ1n) is 10.2. The first-order valence-corrected chi connectivity index (χ1v) is 10.2. The number of carbonyl (C=O) groups excluding carboxylic acids is 3. The van der Waals surface area contributed by atoms with Gasteiger partial charge in [-0.25, -0.2) is 0 Å². The molecule has 0 aliphatic carbocycles. The van der Waals surface area contributed by atoms with Gasteiger partial charge in [-0.3, -0.25) is 14.4 Å². The molecule has 2 heterocycles. The molecule has 0 saturated carbocycles. The number of Topliss-reactive ketones (excluding diaryl/α,β-unsaturated/α-hetero) is 1. The highest BCUT2D eigenvalue weighted by Crippen LogP contribution is 2.34. The molecule has 1 saturated heterocycles. The number of ketones is 1. The van der Waals surface area contributed by atoms with Crippen molar-refractivity contribution in [3.63, 3.8) is 0 Å². The lowest BCUT2D eigenvalue weighted by Crippen LogP contribution is -2.52. The van der Waals surface area contributed by atoms with E-state index in [1.54, 1.807) is 23.1 Å². The van der Waals surface area contributed by atoms with Gasteiger partial charge in [-0.15, -0.1) is 0 Å². The van der Waals surface area contributed by atoms with E-state index in [1.165, 1.54) is 12.1 Å². The smallest absolute Gasteiger partial charge is 0.416 e. The van der Waals surface area contributed by atoms with Gasteiger partial charge in [0, 0.05) is 23.7 Å². The van der Waals surface area contributed by atoms with E-state index in [0.29, 0.717) is 49.1 Å². The van der Waals surface area contributed by atoms with E-state index >= 15 is 0 Å². The van der Waals surface area contributed by atoms with Crippen LogP contribution in [0, 0.1) is 0 Å². The van der Waals surface area contributed by atoms with Crippen LogP contribution in [0.15, 0.2) is 42.5 Å². The second-order valence-corrected chi connectivity index (χ2v) is 7.91. The normalized spacial score (nSPS) is 20.7. The fraction of sp³-hybridized carbons (Fsp3) is 0.348. The largest absolute Gasteiger partial charge is 0.489 e. The molecule has 0 bridgehead atoms. The number of aldehydes is 1. The molecule has 168 valence electrons. The Hall–Kier alpha value is -3.20. The van der Waals surface area contributed by atoms with Gasteiger partial charge in [0.2, 0.25) is 5.78 Å². The quantitative estimate of drug-likeness (QED) is 0.545. The van der Waals surface area contributed by atoms with Crippen molar-refractivity contribution in [3.8, 4) is 5.75 Å². The minimum atomic E-state index is -4.39. The van der Waals surface area contributed by atoms with Crippen molar-refractivity contribution in [2.75, 3.05) is 6.54 Å². The molecule has 2 aliphatic heterocycles. The highest BCUT2D eigenvalue weighted by Gasteiger charge is 2.37. The second-order valence-electron chi connectivity index (χ2n) is 7.91. The molecule has 32 heavy (non-hydrogen) atoms. The van der Waals surface area contributed by atoms with Gasteiger partial charge < -0.3 is 15.0 Å². The number of fused-ring (bicyclic) bond motifs is 1. The van der Waals surface area contributed by atoms with E-state index in [4.69, 9.17) is 4.74 Å². The van der Waals surface area contributed by atoms with Crippen LogP contribution in [0.4, 0.5) is 13.2 Å². The van der Waals surface area contributed by atoms with Gasteiger partial charge in [0.25, 0.3) is 5.91 Å². The molecule has 0 aromatic heterocycles. The zero-order chi connectivity index (χ0) is 22.9. The molecule has 6 nitrogen and oxygen atoms in total. The van der Waals surface area contributed by atoms with E-state index in [0.717, 1.165) is 17.7 Å². The standard InChI is InChI=1S/C23H21F3N2O4/c24-23(25,26)15-6-4-14(5-7-15)13-32-21-3-1-2-17-18(21)11-28(22(17)31)16-8-9-19(27-10-16)20(30)12-29/h1-7,12,16,19,27H,8-11,13H2. The van der Waals surface area contributed by atoms with Crippen LogP contribution in [0.3, 0.4) is 0 Å². The lowest BCUT2D eigenvalue weighted by Gasteiger charge is -2.34. The molecule has 9 heteroatoms. The molecule has 1 amide bonds. The maximum atomic E-state index is 12.9. The van der Waals surface area contributed by atoms with Gasteiger partial charge >= 0.3 is 6.18 Å². The van der Waals surface area contributed by atoms with Gasteiger partial charge in [-0.1, -0.05) is 18.2 Å². The van der Waals surface area contributed by atoms with E-state index in [-0.39, 0.29) is 18.6 Å². The Bertz CT molecular complexity index is 1030. The molecule has 4 rings (SSSR count). The SMILES string of the molecule is O=CC(=O)C1CCC(N2Cc3c(OCc4ccc(C(F)(F)F)cc4)cccc3C2=O)CN1. The molecule has 0 spiro atoms. The summed E-state index contributed by atoms with van der Waals surface area (Å²) < 4.78 is 44.0. The van der Waals surface area contributed by atoms with Crippen LogP contribution in [-0.2, 0) is 28.9 Å². The number of nitrogens with zero attached hydrogens (tertiary/aromatic N) is 1. The van der Waals surface area contributed by atoms with Crippen LogP contribution < -0.4 is 10.1 Å². The summed E-state index contributed by atoms with van der Waals surface area (Å²) in [5.41, 5.74) is 1.12. The highest BCUT2D eigenvalue weighted by atomic mass is 19.4. The Morgan fingerprint density at radius 3 is 2.53 bits per heavy atom. The maximum absolute atomic E-state index is 12.9. The first kappa shape index (κ1) is 22.0. The highest BCUT2D eigenvalue weighted by molar-refractivity contribution is 6.27. The van der Waals surface area contributed by atoms with Crippen molar-refractivity contribution in [3.05, 3.63) is 64.7 Å². The molecule has 1 N–H and O–H groups in total. The van der Waals surface area contributed by atoms with Crippen LogP contribution in [0.5, 0.6) is 5.75 Å².